The van der Waals surface area contributed by atoms with Gasteiger partial charge in [-0.3, -0.25) is 9.59 Å². The molecule has 0 aliphatic carbocycles. The molecule has 0 aromatic heterocycles. The first kappa shape index (κ1) is 22.9. The van der Waals surface area contributed by atoms with E-state index in [-0.39, 0.29) is 18.9 Å². The summed E-state index contributed by atoms with van der Waals surface area (Å²) in [5.74, 6) is -1.23. The molecule has 0 bridgehead atoms. The maximum absolute atomic E-state index is 12.9. The van der Waals surface area contributed by atoms with Gasteiger partial charge in [-0.1, -0.05) is 80.9 Å². The number of primary amides is 1. The van der Waals surface area contributed by atoms with Crippen LogP contribution in [0, 0.1) is 5.92 Å². The SMILES string of the molecule is CC[C@@H](C)[C@H](NC(=O)[C@@H](Cc1ccccc1)NC(=O)OCc1ccccc1)C(N)=O. The van der Waals surface area contributed by atoms with E-state index in [9.17, 15) is 14.4 Å². The molecule has 0 heterocycles. The monoisotopic (exact) mass is 411 g/mol. The van der Waals surface area contributed by atoms with Crippen molar-refractivity contribution in [1.29, 1.82) is 0 Å². The van der Waals surface area contributed by atoms with Gasteiger partial charge in [0.1, 0.15) is 18.7 Å². The number of carbonyl (C=O) groups is 3. The van der Waals surface area contributed by atoms with Gasteiger partial charge in [0.25, 0.3) is 0 Å². The van der Waals surface area contributed by atoms with Gasteiger partial charge in [0.15, 0.2) is 0 Å². The van der Waals surface area contributed by atoms with Gasteiger partial charge in [0.2, 0.25) is 11.8 Å². The highest BCUT2D eigenvalue weighted by molar-refractivity contribution is 5.91. The molecule has 2 aromatic carbocycles. The third-order valence-electron chi connectivity index (χ3n) is 4.92. The van der Waals surface area contributed by atoms with Gasteiger partial charge in [0, 0.05) is 6.42 Å². The number of nitrogens with one attached hydrogen (secondary N) is 2. The van der Waals surface area contributed by atoms with Crippen LogP contribution >= 0.6 is 0 Å². The number of amides is 3. The lowest BCUT2D eigenvalue weighted by molar-refractivity contribution is -0.129. The highest BCUT2D eigenvalue weighted by Gasteiger charge is 2.29. The van der Waals surface area contributed by atoms with Gasteiger partial charge in [-0.05, 0) is 17.0 Å². The first-order chi connectivity index (χ1) is 14.4. The van der Waals surface area contributed by atoms with Crippen LogP contribution in [0.25, 0.3) is 0 Å². The van der Waals surface area contributed by atoms with Gasteiger partial charge in [-0.15, -0.1) is 0 Å². The van der Waals surface area contributed by atoms with E-state index in [4.69, 9.17) is 10.5 Å². The molecule has 7 nitrogen and oxygen atoms in total. The molecule has 160 valence electrons. The molecule has 4 N–H and O–H groups in total. The lowest BCUT2D eigenvalue weighted by Crippen LogP contribution is -2.55. The molecule has 0 unspecified atom stereocenters. The minimum Gasteiger partial charge on any atom is -0.445 e. The van der Waals surface area contributed by atoms with Crippen LogP contribution < -0.4 is 16.4 Å². The standard InChI is InChI=1S/C23H29N3O4/c1-3-16(2)20(21(24)27)26-22(28)19(14-17-10-6-4-7-11-17)25-23(29)30-15-18-12-8-5-9-13-18/h4-13,16,19-20H,3,14-15H2,1-2H3,(H2,24,27)(H,25,29)(H,26,28)/t16-,19-,20+/m1/s1. The molecule has 0 saturated heterocycles. The van der Waals surface area contributed by atoms with E-state index in [1.54, 1.807) is 0 Å². The fourth-order valence-corrected chi connectivity index (χ4v) is 2.95. The van der Waals surface area contributed by atoms with Gasteiger partial charge in [-0.25, -0.2) is 4.79 Å². The topological polar surface area (TPSA) is 111 Å². The molecule has 0 fully saturated rings. The molecule has 3 atom stereocenters. The molecular weight excluding hydrogens is 382 g/mol. The van der Waals surface area contributed by atoms with E-state index in [0.717, 1.165) is 11.1 Å². The fourth-order valence-electron chi connectivity index (χ4n) is 2.95. The number of carbonyl (C=O) groups excluding carboxylic acids is 3. The average molecular weight is 412 g/mol. The summed E-state index contributed by atoms with van der Waals surface area (Å²) in [6.07, 6.45) is 0.206. The minimum absolute atomic E-state index is 0.0864. The zero-order chi connectivity index (χ0) is 21.9. The van der Waals surface area contributed by atoms with E-state index in [0.29, 0.717) is 6.42 Å². The number of rotatable bonds is 10. The van der Waals surface area contributed by atoms with Gasteiger partial charge >= 0.3 is 6.09 Å². The molecular formula is C23H29N3O4. The Hall–Kier alpha value is -3.35. The van der Waals surface area contributed by atoms with Crippen molar-refractivity contribution in [3.05, 3.63) is 71.8 Å². The predicted octanol–water partition coefficient (Wildman–Crippen LogP) is 2.54. The van der Waals surface area contributed by atoms with Crippen LogP contribution in [-0.4, -0.2) is 30.0 Å². The Bertz CT molecular complexity index is 827. The Balaban J connectivity index is 2.08. The average Bonchev–Trinajstić information content (AvgIpc) is 2.76. The van der Waals surface area contributed by atoms with Crippen molar-refractivity contribution in [3.63, 3.8) is 0 Å². The van der Waals surface area contributed by atoms with Crippen LogP contribution in [0.3, 0.4) is 0 Å². The smallest absolute Gasteiger partial charge is 0.408 e. The molecule has 0 saturated carbocycles. The van der Waals surface area contributed by atoms with Crippen LogP contribution in [0.5, 0.6) is 0 Å². The lowest BCUT2D eigenvalue weighted by atomic mass is 9.97. The molecule has 30 heavy (non-hydrogen) atoms. The lowest BCUT2D eigenvalue weighted by Gasteiger charge is -2.25. The maximum atomic E-state index is 12.9. The molecule has 2 aromatic rings. The van der Waals surface area contributed by atoms with E-state index in [1.807, 2.05) is 74.5 Å². The Morgan fingerprint density at radius 2 is 1.50 bits per heavy atom. The second-order valence-corrected chi connectivity index (χ2v) is 7.22. The van der Waals surface area contributed by atoms with Gasteiger partial charge < -0.3 is 21.1 Å². The van der Waals surface area contributed by atoms with Crippen LogP contribution in [0.1, 0.15) is 31.4 Å². The van der Waals surface area contributed by atoms with E-state index in [2.05, 4.69) is 10.6 Å². The summed E-state index contributed by atoms with van der Waals surface area (Å²) in [6.45, 7) is 3.83. The van der Waals surface area contributed by atoms with Crippen LogP contribution in [-0.2, 0) is 27.4 Å². The maximum Gasteiger partial charge on any atom is 0.408 e. The van der Waals surface area contributed by atoms with Crippen LogP contribution in [0.15, 0.2) is 60.7 Å². The third kappa shape index (κ3) is 7.24. The van der Waals surface area contributed by atoms with Crippen molar-refractivity contribution in [1.82, 2.24) is 10.6 Å². The van der Waals surface area contributed by atoms with Gasteiger partial charge in [0.05, 0.1) is 0 Å². The van der Waals surface area contributed by atoms with Crippen molar-refractivity contribution in [2.75, 3.05) is 0 Å². The second-order valence-electron chi connectivity index (χ2n) is 7.22. The Kier molecular flexibility index (Phi) is 8.87. The Labute approximate surface area is 177 Å². The van der Waals surface area contributed by atoms with Crippen molar-refractivity contribution in [3.8, 4) is 0 Å². The van der Waals surface area contributed by atoms with E-state index in [1.165, 1.54) is 0 Å². The molecule has 7 heteroatoms. The summed E-state index contributed by atoms with van der Waals surface area (Å²) < 4.78 is 5.25. The first-order valence-electron chi connectivity index (χ1n) is 10.0. The molecule has 2 rings (SSSR count). The normalized spacial score (nSPS) is 13.5. The first-order valence-corrected chi connectivity index (χ1v) is 10.0. The molecule has 0 spiro atoms. The van der Waals surface area contributed by atoms with Crippen molar-refractivity contribution >= 4 is 17.9 Å². The van der Waals surface area contributed by atoms with Gasteiger partial charge in [-0.2, -0.15) is 0 Å². The number of hydrogen-bond acceptors (Lipinski definition) is 4. The summed E-state index contributed by atoms with van der Waals surface area (Å²) in [6, 6.07) is 16.8. The number of hydrogen-bond donors (Lipinski definition) is 3. The summed E-state index contributed by atoms with van der Waals surface area (Å²) >= 11 is 0. The number of nitrogens with two attached hydrogens (primary N) is 1. The summed E-state index contributed by atoms with van der Waals surface area (Å²) in [4.78, 5) is 37.0. The summed E-state index contributed by atoms with van der Waals surface area (Å²) in [5.41, 5.74) is 7.16. The number of benzene rings is 2. The zero-order valence-electron chi connectivity index (χ0n) is 17.3. The Morgan fingerprint density at radius 3 is 2.03 bits per heavy atom. The van der Waals surface area contributed by atoms with Crippen molar-refractivity contribution in [2.24, 2.45) is 11.7 Å². The van der Waals surface area contributed by atoms with E-state index >= 15 is 0 Å². The number of ether oxygens (including phenoxy) is 1. The Morgan fingerprint density at radius 1 is 0.933 bits per heavy atom. The minimum atomic E-state index is -0.915. The van der Waals surface area contributed by atoms with Crippen molar-refractivity contribution < 1.29 is 19.1 Å². The highest BCUT2D eigenvalue weighted by Crippen LogP contribution is 2.10. The molecule has 0 radical (unpaired) electrons. The van der Waals surface area contributed by atoms with E-state index < -0.39 is 30.0 Å². The molecule has 0 aliphatic heterocycles. The highest BCUT2D eigenvalue weighted by atomic mass is 16.5. The third-order valence-corrected chi connectivity index (χ3v) is 4.92. The molecule has 0 aliphatic rings. The summed E-state index contributed by atoms with van der Waals surface area (Å²) in [5, 5.41) is 5.29. The van der Waals surface area contributed by atoms with Crippen LogP contribution in [0.4, 0.5) is 4.79 Å². The molecule has 3 amide bonds. The zero-order valence-corrected chi connectivity index (χ0v) is 17.3. The van der Waals surface area contributed by atoms with Crippen LogP contribution in [0.2, 0.25) is 0 Å². The fraction of sp³-hybridized carbons (Fsp3) is 0.348. The predicted molar refractivity (Wildman–Crippen MR) is 114 cm³/mol. The number of alkyl carbamates (subject to hydrolysis) is 1. The summed E-state index contributed by atoms with van der Waals surface area (Å²) in [7, 11) is 0. The largest absolute Gasteiger partial charge is 0.445 e. The quantitative estimate of drug-likeness (QED) is 0.558. The second kappa shape index (κ2) is 11.6. The van der Waals surface area contributed by atoms with Crippen molar-refractivity contribution in [2.45, 2.75) is 45.4 Å².